The normalized spacial score (nSPS) is 11.5. The molecular formula is C21H11Cl2N3O6S. The van der Waals surface area contributed by atoms with E-state index in [2.05, 4.69) is 10.2 Å². The van der Waals surface area contributed by atoms with E-state index in [4.69, 9.17) is 32.0 Å². The number of benzene rings is 2. The molecular weight excluding hydrogens is 493 g/mol. The topological polar surface area (TPSA) is 132 Å². The van der Waals surface area contributed by atoms with Crippen molar-refractivity contribution in [2.45, 2.75) is 5.22 Å². The SMILES string of the molecule is O=C(O)/C(=C/c1ccc(-c2ccc(Cl)c([N+](=O)[O-])c2)o1)Sc1nnc(-c2ccc(Cl)cc2)o1. The summed E-state index contributed by atoms with van der Waals surface area (Å²) in [5.41, 5.74) is 0.782. The maximum absolute atomic E-state index is 11.7. The third kappa shape index (κ3) is 5.25. The van der Waals surface area contributed by atoms with Crippen molar-refractivity contribution in [3.8, 4) is 22.8 Å². The number of nitro groups is 1. The van der Waals surface area contributed by atoms with E-state index in [1.807, 2.05) is 0 Å². The lowest BCUT2D eigenvalue weighted by Crippen LogP contribution is -1.96. The lowest BCUT2D eigenvalue weighted by Gasteiger charge is -2.00. The van der Waals surface area contributed by atoms with Gasteiger partial charge >= 0.3 is 5.97 Å². The second-order valence-corrected chi connectivity index (χ2v) is 8.26. The molecule has 0 fully saturated rings. The molecule has 0 aliphatic rings. The van der Waals surface area contributed by atoms with Gasteiger partial charge in [-0.05, 0) is 60.3 Å². The largest absolute Gasteiger partial charge is 0.477 e. The monoisotopic (exact) mass is 503 g/mol. The molecule has 0 unspecified atom stereocenters. The van der Waals surface area contributed by atoms with Crippen molar-refractivity contribution in [1.82, 2.24) is 10.2 Å². The van der Waals surface area contributed by atoms with Crippen LogP contribution in [-0.2, 0) is 4.79 Å². The van der Waals surface area contributed by atoms with Gasteiger partial charge in [0.1, 0.15) is 21.4 Å². The molecule has 0 saturated carbocycles. The molecule has 0 aliphatic carbocycles. The van der Waals surface area contributed by atoms with Gasteiger partial charge in [-0.15, -0.1) is 10.2 Å². The zero-order valence-corrected chi connectivity index (χ0v) is 18.6. The molecule has 0 atom stereocenters. The first kappa shape index (κ1) is 22.6. The number of thioether (sulfide) groups is 1. The van der Waals surface area contributed by atoms with E-state index in [1.54, 1.807) is 36.4 Å². The smallest absolute Gasteiger partial charge is 0.342 e. The van der Waals surface area contributed by atoms with E-state index >= 15 is 0 Å². The second kappa shape index (κ2) is 9.49. The fraction of sp³-hybridized carbons (Fsp3) is 0. The van der Waals surface area contributed by atoms with Crippen LogP contribution in [0.2, 0.25) is 10.0 Å². The highest BCUT2D eigenvalue weighted by Crippen LogP contribution is 2.33. The van der Waals surface area contributed by atoms with Crippen molar-refractivity contribution in [3.05, 3.63) is 85.4 Å². The van der Waals surface area contributed by atoms with E-state index in [-0.39, 0.29) is 32.5 Å². The summed E-state index contributed by atoms with van der Waals surface area (Å²) >= 11 is 12.5. The number of carboxylic acids is 1. The lowest BCUT2D eigenvalue weighted by atomic mass is 10.1. The van der Waals surface area contributed by atoms with E-state index in [0.29, 0.717) is 21.9 Å². The van der Waals surface area contributed by atoms with Crippen LogP contribution in [0.15, 0.2) is 73.6 Å². The second-order valence-electron chi connectivity index (χ2n) is 6.42. The number of furan rings is 1. The van der Waals surface area contributed by atoms with Gasteiger partial charge in [0.2, 0.25) is 5.89 Å². The fourth-order valence-electron chi connectivity index (χ4n) is 2.71. The zero-order valence-electron chi connectivity index (χ0n) is 16.3. The summed E-state index contributed by atoms with van der Waals surface area (Å²) in [6.45, 7) is 0. The first-order valence-electron chi connectivity index (χ1n) is 9.06. The number of halogens is 2. The highest BCUT2D eigenvalue weighted by atomic mass is 35.5. The summed E-state index contributed by atoms with van der Waals surface area (Å²) in [5, 5.41) is 29.0. The minimum absolute atomic E-state index is 0.00230. The Labute approximate surface area is 199 Å². The van der Waals surface area contributed by atoms with Crippen LogP contribution in [0.3, 0.4) is 0 Å². The van der Waals surface area contributed by atoms with Crippen LogP contribution in [0.5, 0.6) is 0 Å². The maximum atomic E-state index is 11.7. The molecule has 166 valence electrons. The number of rotatable bonds is 7. The molecule has 4 aromatic rings. The van der Waals surface area contributed by atoms with Gasteiger partial charge in [0.05, 0.1) is 4.92 Å². The number of hydrogen-bond acceptors (Lipinski definition) is 8. The van der Waals surface area contributed by atoms with Crippen molar-refractivity contribution in [2.24, 2.45) is 0 Å². The van der Waals surface area contributed by atoms with E-state index in [0.717, 1.165) is 11.8 Å². The highest BCUT2D eigenvalue weighted by Gasteiger charge is 2.18. The summed E-state index contributed by atoms with van der Waals surface area (Å²) in [4.78, 5) is 22.1. The van der Waals surface area contributed by atoms with Gasteiger partial charge in [0, 0.05) is 28.3 Å². The summed E-state index contributed by atoms with van der Waals surface area (Å²) in [6.07, 6.45) is 1.28. The average Bonchev–Trinajstić information content (AvgIpc) is 3.44. The molecule has 4 rings (SSSR count). The number of nitro benzene ring substituents is 1. The summed E-state index contributed by atoms with van der Waals surface area (Å²) in [6, 6.07) is 14.1. The lowest BCUT2D eigenvalue weighted by molar-refractivity contribution is -0.384. The van der Waals surface area contributed by atoms with Gasteiger partial charge in [-0.1, -0.05) is 23.2 Å². The van der Waals surface area contributed by atoms with Crippen LogP contribution in [0, 0.1) is 10.1 Å². The summed E-state index contributed by atoms with van der Waals surface area (Å²) in [5.74, 6) is -0.502. The van der Waals surface area contributed by atoms with Crippen LogP contribution in [-0.4, -0.2) is 26.2 Å². The van der Waals surface area contributed by atoms with Gasteiger partial charge in [0.15, 0.2) is 0 Å². The standard InChI is InChI=1S/C21H11Cl2N3O6S/c22-13-4-1-11(2-5-13)19-24-25-21(32-19)33-18(20(27)28)10-14-6-8-17(31-14)12-3-7-15(23)16(9-12)26(29)30/h1-10H,(H,27,28)/b18-10-. The Morgan fingerprint density at radius 1 is 1.03 bits per heavy atom. The van der Waals surface area contributed by atoms with E-state index in [9.17, 15) is 20.0 Å². The molecule has 33 heavy (non-hydrogen) atoms. The summed E-state index contributed by atoms with van der Waals surface area (Å²) in [7, 11) is 0. The molecule has 0 saturated heterocycles. The molecule has 0 aliphatic heterocycles. The van der Waals surface area contributed by atoms with Crippen LogP contribution >= 0.6 is 35.0 Å². The van der Waals surface area contributed by atoms with Crippen molar-refractivity contribution in [1.29, 1.82) is 0 Å². The van der Waals surface area contributed by atoms with E-state index < -0.39 is 10.9 Å². The van der Waals surface area contributed by atoms with Gasteiger partial charge in [-0.25, -0.2) is 4.79 Å². The molecule has 2 heterocycles. The Bertz CT molecular complexity index is 1380. The van der Waals surface area contributed by atoms with Crippen LogP contribution < -0.4 is 0 Å². The third-order valence-electron chi connectivity index (χ3n) is 4.23. The molecule has 0 amide bonds. The van der Waals surface area contributed by atoms with Crippen LogP contribution in [0.25, 0.3) is 28.9 Å². The Kier molecular flexibility index (Phi) is 6.50. The molecule has 2 aromatic heterocycles. The van der Waals surface area contributed by atoms with Crippen LogP contribution in [0.4, 0.5) is 5.69 Å². The Morgan fingerprint density at radius 3 is 2.45 bits per heavy atom. The van der Waals surface area contributed by atoms with Crippen molar-refractivity contribution in [3.63, 3.8) is 0 Å². The van der Waals surface area contributed by atoms with Crippen LogP contribution in [0.1, 0.15) is 5.76 Å². The number of aliphatic carboxylic acids is 1. The molecule has 2 aromatic carbocycles. The fourth-order valence-corrected chi connectivity index (χ4v) is 3.67. The van der Waals surface area contributed by atoms with Crippen molar-refractivity contribution >= 4 is 52.7 Å². The first-order valence-corrected chi connectivity index (χ1v) is 10.6. The molecule has 1 N–H and O–H groups in total. The number of nitrogens with zero attached hydrogens (tertiary/aromatic N) is 3. The molecule has 0 bridgehead atoms. The van der Waals surface area contributed by atoms with Crippen molar-refractivity contribution < 1.29 is 23.7 Å². The van der Waals surface area contributed by atoms with Gasteiger partial charge < -0.3 is 13.9 Å². The molecule has 12 heteroatoms. The Morgan fingerprint density at radius 2 is 1.76 bits per heavy atom. The quantitative estimate of drug-likeness (QED) is 0.131. The van der Waals surface area contributed by atoms with E-state index in [1.165, 1.54) is 24.3 Å². The predicted octanol–water partition coefficient (Wildman–Crippen LogP) is 6.43. The average molecular weight is 504 g/mol. The molecule has 0 radical (unpaired) electrons. The highest BCUT2D eigenvalue weighted by molar-refractivity contribution is 8.03. The minimum atomic E-state index is -1.23. The summed E-state index contributed by atoms with van der Waals surface area (Å²) < 4.78 is 11.2. The predicted molar refractivity (Wildman–Crippen MR) is 122 cm³/mol. The number of aromatic nitrogens is 2. The zero-order chi connectivity index (χ0) is 23.5. The van der Waals surface area contributed by atoms with Gasteiger partial charge in [-0.2, -0.15) is 0 Å². The maximum Gasteiger partial charge on any atom is 0.342 e. The minimum Gasteiger partial charge on any atom is -0.477 e. The molecule has 0 spiro atoms. The Balaban J connectivity index is 1.57. The first-order chi connectivity index (χ1) is 15.8. The number of carbonyl (C=O) groups is 1. The third-order valence-corrected chi connectivity index (χ3v) is 5.66. The van der Waals surface area contributed by atoms with Gasteiger partial charge in [0.25, 0.3) is 10.9 Å². The Hall–Kier alpha value is -3.60. The number of carboxylic acid groups (broad SMARTS) is 1. The number of hydrogen-bond donors (Lipinski definition) is 1. The van der Waals surface area contributed by atoms with Crippen molar-refractivity contribution in [2.75, 3.05) is 0 Å². The van der Waals surface area contributed by atoms with Gasteiger partial charge in [-0.3, -0.25) is 10.1 Å². The molecule has 9 nitrogen and oxygen atoms in total.